The van der Waals surface area contributed by atoms with Crippen LogP contribution in [0.2, 0.25) is 0 Å². The van der Waals surface area contributed by atoms with Gasteiger partial charge < -0.3 is 4.74 Å². The molecule has 1 atom stereocenters. The van der Waals surface area contributed by atoms with Crippen LogP contribution in [0.3, 0.4) is 0 Å². The molecular weight excluding hydrogens is 148 g/mol. The van der Waals surface area contributed by atoms with Gasteiger partial charge in [-0.15, -0.1) is 0 Å². The van der Waals surface area contributed by atoms with E-state index in [0.717, 1.165) is 24.0 Å². The van der Waals surface area contributed by atoms with Crippen LogP contribution < -0.4 is 0 Å². The van der Waals surface area contributed by atoms with E-state index in [2.05, 4.69) is 32.1 Å². The van der Waals surface area contributed by atoms with Gasteiger partial charge in [0.15, 0.2) is 0 Å². The van der Waals surface area contributed by atoms with E-state index in [-0.39, 0.29) is 0 Å². The Kier molecular flexibility index (Phi) is 3.39. The molecule has 1 heteroatoms. The Morgan fingerprint density at radius 3 is 2.83 bits per heavy atom. The third-order valence-corrected chi connectivity index (χ3v) is 2.53. The maximum absolute atomic E-state index is 5.26. The smallest absolute Gasteiger partial charge is 0.0958 e. The standard InChI is InChI=1S/C11H18O/c1-9(2)10-6-4-5-7-11(8-10)12-3/h4-5,7,9-10H,6,8H2,1-3H3. The van der Waals surface area contributed by atoms with E-state index in [1.807, 2.05) is 0 Å². The van der Waals surface area contributed by atoms with E-state index in [0.29, 0.717) is 0 Å². The monoisotopic (exact) mass is 166 g/mol. The fraction of sp³-hybridized carbons (Fsp3) is 0.636. The summed E-state index contributed by atoms with van der Waals surface area (Å²) in [6, 6.07) is 0. The predicted octanol–water partition coefficient (Wildman–Crippen LogP) is 3.14. The van der Waals surface area contributed by atoms with E-state index in [1.165, 1.54) is 6.42 Å². The zero-order chi connectivity index (χ0) is 8.97. The summed E-state index contributed by atoms with van der Waals surface area (Å²) in [5.41, 5.74) is 0. The van der Waals surface area contributed by atoms with Crippen LogP contribution in [0.5, 0.6) is 0 Å². The third kappa shape index (κ3) is 2.40. The van der Waals surface area contributed by atoms with E-state index >= 15 is 0 Å². The summed E-state index contributed by atoms with van der Waals surface area (Å²) in [4.78, 5) is 0. The molecule has 1 rings (SSSR count). The van der Waals surface area contributed by atoms with Crippen molar-refractivity contribution in [3.8, 4) is 0 Å². The van der Waals surface area contributed by atoms with Crippen LogP contribution in [0, 0.1) is 11.8 Å². The summed E-state index contributed by atoms with van der Waals surface area (Å²) >= 11 is 0. The molecule has 0 saturated heterocycles. The van der Waals surface area contributed by atoms with Crippen molar-refractivity contribution in [1.82, 2.24) is 0 Å². The number of rotatable bonds is 2. The van der Waals surface area contributed by atoms with Crippen LogP contribution in [0.4, 0.5) is 0 Å². The van der Waals surface area contributed by atoms with E-state index < -0.39 is 0 Å². The first-order valence-electron chi connectivity index (χ1n) is 4.63. The van der Waals surface area contributed by atoms with Crippen molar-refractivity contribution in [2.45, 2.75) is 26.7 Å². The molecule has 1 aliphatic carbocycles. The van der Waals surface area contributed by atoms with E-state index in [1.54, 1.807) is 7.11 Å². The lowest BCUT2D eigenvalue weighted by molar-refractivity contribution is 0.244. The highest BCUT2D eigenvalue weighted by Crippen LogP contribution is 2.26. The highest BCUT2D eigenvalue weighted by Gasteiger charge is 2.15. The minimum absolute atomic E-state index is 0.742. The molecule has 0 aromatic rings. The first kappa shape index (κ1) is 9.37. The molecule has 1 aliphatic rings. The molecule has 0 bridgehead atoms. The van der Waals surface area contributed by atoms with Gasteiger partial charge in [0.05, 0.1) is 12.9 Å². The van der Waals surface area contributed by atoms with Gasteiger partial charge in [-0.3, -0.25) is 0 Å². The zero-order valence-corrected chi connectivity index (χ0v) is 8.21. The van der Waals surface area contributed by atoms with Gasteiger partial charge in [-0.05, 0) is 24.3 Å². The minimum Gasteiger partial charge on any atom is -0.501 e. The molecule has 0 fully saturated rings. The van der Waals surface area contributed by atoms with Crippen molar-refractivity contribution in [1.29, 1.82) is 0 Å². The van der Waals surface area contributed by atoms with Crippen molar-refractivity contribution >= 4 is 0 Å². The summed E-state index contributed by atoms with van der Waals surface area (Å²) in [7, 11) is 1.75. The topological polar surface area (TPSA) is 9.23 Å². The Labute approximate surface area is 75.1 Å². The van der Waals surface area contributed by atoms with Gasteiger partial charge in [0.1, 0.15) is 0 Å². The lowest BCUT2D eigenvalue weighted by Gasteiger charge is -2.18. The van der Waals surface area contributed by atoms with E-state index in [4.69, 9.17) is 4.74 Å². The van der Waals surface area contributed by atoms with Crippen molar-refractivity contribution < 1.29 is 4.74 Å². The average molecular weight is 166 g/mol. The quantitative estimate of drug-likeness (QED) is 0.612. The Bertz CT molecular complexity index is 189. The fourth-order valence-corrected chi connectivity index (χ4v) is 1.50. The summed E-state index contributed by atoms with van der Waals surface area (Å²) in [6.07, 6.45) is 8.67. The minimum atomic E-state index is 0.742. The molecule has 0 heterocycles. The number of hydrogen-bond donors (Lipinski definition) is 0. The molecule has 0 spiro atoms. The Balaban J connectivity index is 2.60. The zero-order valence-electron chi connectivity index (χ0n) is 8.21. The number of allylic oxidation sites excluding steroid dienone is 4. The summed E-state index contributed by atoms with van der Waals surface area (Å²) in [5, 5.41) is 0. The lowest BCUT2D eigenvalue weighted by Crippen LogP contribution is -2.08. The molecule has 0 aromatic heterocycles. The van der Waals surface area contributed by atoms with Crippen LogP contribution in [-0.4, -0.2) is 7.11 Å². The lowest BCUT2D eigenvalue weighted by atomic mass is 9.89. The van der Waals surface area contributed by atoms with Gasteiger partial charge in [-0.2, -0.15) is 0 Å². The first-order valence-corrected chi connectivity index (χ1v) is 4.63. The highest BCUT2D eigenvalue weighted by atomic mass is 16.5. The molecule has 1 nitrogen and oxygen atoms in total. The second-order valence-corrected chi connectivity index (χ2v) is 3.71. The van der Waals surface area contributed by atoms with Crippen molar-refractivity contribution in [2.24, 2.45) is 11.8 Å². The van der Waals surface area contributed by atoms with Gasteiger partial charge in [0.2, 0.25) is 0 Å². The molecule has 12 heavy (non-hydrogen) atoms. The fourth-order valence-electron chi connectivity index (χ4n) is 1.50. The van der Waals surface area contributed by atoms with Crippen molar-refractivity contribution in [3.63, 3.8) is 0 Å². The van der Waals surface area contributed by atoms with Crippen LogP contribution in [-0.2, 0) is 4.74 Å². The first-order chi connectivity index (χ1) is 5.74. The average Bonchev–Trinajstić information content (AvgIpc) is 2.28. The van der Waals surface area contributed by atoms with Gasteiger partial charge in [-0.25, -0.2) is 0 Å². The summed E-state index contributed by atoms with van der Waals surface area (Å²) in [6.45, 7) is 4.55. The number of methoxy groups -OCH3 is 1. The molecule has 0 aliphatic heterocycles. The Morgan fingerprint density at radius 2 is 2.25 bits per heavy atom. The second kappa shape index (κ2) is 4.34. The van der Waals surface area contributed by atoms with Crippen LogP contribution >= 0.6 is 0 Å². The van der Waals surface area contributed by atoms with Gasteiger partial charge >= 0.3 is 0 Å². The highest BCUT2D eigenvalue weighted by molar-refractivity contribution is 5.11. The van der Waals surface area contributed by atoms with Crippen LogP contribution in [0.1, 0.15) is 26.7 Å². The summed E-state index contributed by atoms with van der Waals surface area (Å²) < 4.78 is 5.26. The van der Waals surface area contributed by atoms with Gasteiger partial charge in [-0.1, -0.05) is 26.0 Å². The largest absolute Gasteiger partial charge is 0.501 e. The molecule has 0 amide bonds. The third-order valence-electron chi connectivity index (χ3n) is 2.53. The Morgan fingerprint density at radius 1 is 1.50 bits per heavy atom. The van der Waals surface area contributed by atoms with Crippen molar-refractivity contribution in [2.75, 3.05) is 7.11 Å². The second-order valence-electron chi connectivity index (χ2n) is 3.71. The predicted molar refractivity (Wildman–Crippen MR) is 51.8 cm³/mol. The molecule has 0 saturated carbocycles. The van der Waals surface area contributed by atoms with Crippen LogP contribution in [0.15, 0.2) is 24.0 Å². The van der Waals surface area contributed by atoms with Crippen LogP contribution in [0.25, 0.3) is 0 Å². The summed E-state index contributed by atoms with van der Waals surface area (Å²) in [5.74, 6) is 2.60. The normalized spacial score (nSPS) is 23.7. The maximum Gasteiger partial charge on any atom is 0.0958 e. The number of hydrogen-bond acceptors (Lipinski definition) is 1. The van der Waals surface area contributed by atoms with Gasteiger partial charge in [0.25, 0.3) is 0 Å². The molecular formula is C11H18O. The van der Waals surface area contributed by atoms with Gasteiger partial charge in [0, 0.05) is 6.42 Å². The molecule has 0 radical (unpaired) electrons. The SMILES string of the molecule is COC1=CC=CCC(C(C)C)C1. The maximum atomic E-state index is 5.26. The molecule has 68 valence electrons. The van der Waals surface area contributed by atoms with Crippen molar-refractivity contribution in [3.05, 3.63) is 24.0 Å². The Hall–Kier alpha value is -0.720. The molecule has 1 unspecified atom stereocenters. The molecule has 0 aromatic carbocycles. The molecule has 0 N–H and O–H groups in total. The van der Waals surface area contributed by atoms with E-state index in [9.17, 15) is 0 Å². The number of ether oxygens (including phenoxy) is 1.